The summed E-state index contributed by atoms with van der Waals surface area (Å²) in [4.78, 5) is 10.8. The van der Waals surface area contributed by atoms with E-state index in [1.165, 1.54) is 12.8 Å². The van der Waals surface area contributed by atoms with E-state index in [1.54, 1.807) is 0 Å². The van der Waals surface area contributed by atoms with E-state index < -0.39 is 11.7 Å². The van der Waals surface area contributed by atoms with Crippen molar-refractivity contribution < 1.29 is 15.0 Å². The fourth-order valence-electron chi connectivity index (χ4n) is 2.71. The van der Waals surface area contributed by atoms with Gasteiger partial charge in [-0.3, -0.25) is 4.79 Å². The van der Waals surface area contributed by atoms with E-state index in [2.05, 4.69) is 13.5 Å². The molecule has 4 N–H and O–H groups in total. The van der Waals surface area contributed by atoms with Crippen LogP contribution in [0.1, 0.15) is 96.8 Å². The lowest BCUT2D eigenvalue weighted by atomic mass is 9.99. The average molecular weight is 328 g/mol. The molecule has 0 unspecified atom stereocenters. The van der Waals surface area contributed by atoms with Crippen LogP contribution in [-0.2, 0) is 4.79 Å². The molecule has 1 amide bonds. The molecule has 0 aliphatic heterocycles. The quantitative estimate of drug-likeness (QED) is 0.226. The highest BCUT2D eigenvalue weighted by molar-refractivity contribution is 5.91. The highest BCUT2D eigenvalue weighted by Gasteiger charge is 2.21. The van der Waals surface area contributed by atoms with Crippen LogP contribution >= 0.6 is 0 Å². The van der Waals surface area contributed by atoms with Crippen LogP contribution in [0, 0.1) is 0 Å². The SMILES string of the molecule is C=C(CCCCCCCCCC(O)(O)CCCCCC)C(N)=O. The molecule has 4 heteroatoms. The number of nitrogens with two attached hydrogens (primary N) is 1. The molecule has 0 bridgehead atoms. The number of hydrogen-bond acceptors (Lipinski definition) is 3. The lowest BCUT2D eigenvalue weighted by molar-refractivity contribution is -0.172. The summed E-state index contributed by atoms with van der Waals surface area (Å²) in [6.07, 6.45) is 13.4. The number of rotatable bonds is 16. The summed E-state index contributed by atoms with van der Waals surface area (Å²) in [7, 11) is 0. The van der Waals surface area contributed by atoms with Gasteiger partial charge in [-0.25, -0.2) is 0 Å². The predicted octanol–water partition coefficient (Wildman–Crippen LogP) is 4.19. The fraction of sp³-hybridized carbons (Fsp3) is 0.842. The molecule has 0 aromatic rings. The normalized spacial score (nSPS) is 11.6. The molecule has 0 atom stereocenters. The minimum atomic E-state index is -1.47. The summed E-state index contributed by atoms with van der Waals surface area (Å²) >= 11 is 0. The molecule has 0 heterocycles. The monoisotopic (exact) mass is 327 g/mol. The van der Waals surface area contributed by atoms with Crippen molar-refractivity contribution in [2.45, 2.75) is 103 Å². The van der Waals surface area contributed by atoms with Crippen molar-refractivity contribution in [1.29, 1.82) is 0 Å². The highest BCUT2D eigenvalue weighted by atomic mass is 16.5. The molecule has 0 radical (unpaired) electrons. The maximum absolute atomic E-state index is 10.8. The molecule has 0 saturated carbocycles. The second-order valence-corrected chi connectivity index (χ2v) is 6.74. The molecule has 0 aliphatic carbocycles. The molecular weight excluding hydrogens is 290 g/mol. The van der Waals surface area contributed by atoms with Crippen LogP contribution in [0.15, 0.2) is 12.2 Å². The van der Waals surface area contributed by atoms with Crippen molar-refractivity contribution in [3.05, 3.63) is 12.2 Å². The van der Waals surface area contributed by atoms with E-state index in [0.717, 1.165) is 57.8 Å². The van der Waals surface area contributed by atoms with Gasteiger partial charge in [-0.2, -0.15) is 0 Å². The van der Waals surface area contributed by atoms with Gasteiger partial charge in [0, 0.05) is 18.4 Å². The molecule has 0 aromatic heterocycles. The van der Waals surface area contributed by atoms with Crippen molar-refractivity contribution in [3.8, 4) is 0 Å². The average Bonchev–Trinajstić information content (AvgIpc) is 2.49. The molecule has 0 spiro atoms. The number of carbonyl (C=O) groups is 1. The number of unbranched alkanes of at least 4 members (excludes halogenated alkanes) is 9. The maximum atomic E-state index is 10.8. The van der Waals surface area contributed by atoms with Crippen LogP contribution in [0.25, 0.3) is 0 Å². The Morgan fingerprint density at radius 1 is 0.870 bits per heavy atom. The maximum Gasteiger partial charge on any atom is 0.244 e. The first kappa shape index (κ1) is 22.1. The summed E-state index contributed by atoms with van der Waals surface area (Å²) in [5.74, 6) is -1.86. The minimum Gasteiger partial charge on any atom is -0.366 e. The van der Waals surface area contributed by atoms with Crippen molar-refractivity contribution >= 4 is 5.91 Å². The summed E-state index contributed by atoms with van der Waals surface area (Å²) in [6, 6.07) is 0. The van der Waals surface area contributed by atoms with Crippen LogP contribution in [0.2, 0.25) is 0 Å². The number of amides is 1. The number of hydrogen-bond donors (Lipinski definition) is 3. The van der Waals surface area contributed by atoms with Crippen molar-refractivity contribution in [3.63, 3.8) is 0 Å². The van der Waals surface area contributed by atoms with Gasteiger partial charge in [-0.15, -0.1) is 0 Å². The Labute approximate surface area is 142 Å². The van der Waals surface area contributed by atoms with Gasteiger partial charge < -0.3 is 15.9 Å². The van der Waals surface area contributed by atoms with Crippen molar-refractivity contribution in [2.24, 2.45) is 5.73 Å². The summed E-state index contributed by atoms with van der Waals surface area (Å²) in [5, 5.41) is 19.8. The van der Waals surface area contributed by atoms with E-state index >= 15 is 0 Å². The molecule has 0 saturated heterocycles. The van der Waals surface area contributed by atoms with E-state index in [0.29, 0.717) is 24.8 Å². The number of primary amides is 1. The molecule has 23 heavy (non-hydrogen) atoms. The van der Waals surface area contributed by atoms with E-state index in [-0.39, 0.29) is 0 Å². The van der Waals surface area contributed by atoms with Crippen LogP contribution in [0.4, 0.5) is 0 Å². The summed E-state index contributed by atoms with van der Waals surface area (Å²) < 4.78 is 0. The van der Waals surface area contributed by atoms with Gasteiger partial charge >= 0.3 is 0 Å². The Kier molecular flexibility index (Phi) is 13.0. The van der Waals surface area contributed by atoms with Crippen molar-refractivity contribution in [1.82, 2.24) is 0 Å². The van der Waals surface area contributed by atoms with Crippen molar-refractivity contribution in [2.75, 3.05) is 0 Å². The lowest BCUT2D eigenvalue weighted by Gasteiger charge is -2.21. The zero-order valence-electron chi connectivity index (χ0n) is 15.0. The Hall–Kier alpha value is -0.870. The smallest absolute Gasteiger partial charge is 0.244 e. The first-order valence-electron chi connectivity index (χ1n) is 9.31. The van der Waals surface area contributed by atoms with Gasteiger partial charge in [-0.05, 0) is 25.7 Å². The van der Waals surface area contributed by atoms with Crippen LogP contribution in [0.3, 0.4) is 0 Å². The summed E-state index contributed by atoms with van der Waals surface area (Å²) in [6.45, 7) is 5.80. The predicted molar refractivity (Wildman–Crippen MR) is 95.8 cm³/mol. The first-order chi connectivity index (χ1) is 10.9. The standard InChI is InChI=1S/C19H37NO3/c1-3-4-5-12-15-19(22,23)16-13-10-8-6-7-9-11-14-17(2)18(20)21/h22-23H,2-16H2,1H3,(H2,20,21). The van der Waals surface area contributed by atoms with Gasteiger partial charge in [0.25, 0.3) is 0 Å². The molecule has 0 aliphatic rings. The third-order valence-electron chi connectivity index (χ3n) is 4.33. The molecule has 136 valence electrons. The van der Waals surface area contributed by atoms with E-state index in [1.807, 2.05) is 0 Å². The summed E-state index contributed by atoms with van der Waals surface area (Å²) in [5.41, 5.74) is 5.65. The van der Waals surface area contributed by atoms with Gasteiger partial charge in [0.1, 0.15) is 0 Å². The van der Waals surface area contributed by atoms with Crippen LogP contribution in [0.5, 0.6) is 0 Å². The molecular formula is C19H37NO3. The Morgan fingerprint density at radius 3 is 1.78 bits per heavy atom. The van der Waals surface area contributed by atoms with Gasteiger partial charge in [0.05, 0.1) is 0 Å². The minimum absolute atomic E-state index is 0.392. The highest BCUT2D eigenvalue weighted by Crippen LogP contribution is 2.20. The molecule has 4 nitrogen and oxygen atoms in total. The number of carbonyl (C=O) groups excluding carboxylic acids is 1. The zero-order chi connectivity index (χ0) is 17.6. The molecule has 0 fully saturated rings. The molecule has 0 rings (SSSR count). The lowest BCUT2D eigenvalue weighted by Crippen LogP contribution is -2.27. The second kappa shape index (κ2) is 13.6. The first-order valence-corrected chi connectivity index (χ1v) is 9.31. The van der Waals surface area contributed by atoms with Gasteiger partial charge in [-0.1, -0.05) is 64.9 Å². The van der Waals surface area contributed by atoms with Gasteiger partial charge in [0.15, 0.2) is 5.79 Å². The molecule has 0 aromatic carbocycles. The zero-order valence-corrected chi connectivity index (χ0v) is 15.0. The Morgan fingerprint density at radius 2 is 1.30 bits per heavy atom. The second-order valence-electron chi connectivity index (χ2n) is 6.74. The van der Waals surface area contributed by atoms with Crippen LogP contribution < -0.4 is 5.73 Å². The van der Waals surface area contributed by atoms with E-state index in [9.17, 15) is 15.0 Å². The van der Waals surface area contributed by atoms with Crippen LogP contribution in [-0.4, -0.2) is 21.9 Å². The van der Waals surface area contributed by atoms with E-state index in [4.69, 9.17) is 5.73 Å². The third-order valence-corrected chi connectivity index (χ3v) is 4.33. The van der Waals surface area contributed by atoms with Gasteiger partial charge in [0.2, 0.25) is 5.91 Å². The third kappa shape index (κ3) is 14.5. The largest absolute Gasteiger partial charge is 0.366 e. The topological polar surface area (TPSA) is 83.6 Å². The Bertz CT molecular complexity index is 327. The number of aliphatic hydroxyl groups is 2. The fourth-order valence-corrected chi connectivity index (χ4v) is 2.71. The Balaban J connectivity index is 3.40.